The van der Waals surface area contributed by atoms with Gasteiger partial charge in [-0.1, -0.05) is 48.5 Å². The van der Waals surface area contributed by atoms with Gasteiger partial charge in [0, 0.05) is 13.1 Å². The number of para-hydroxylation sites is 1. The smallest absolute Gasteiger partial charge is 0.314 e. The Kier molecular flexibility index (Phi) is 6.63. The van der Waals surface area contributed by atoms with Gasteiger partial charge in [-0.3, -0.25) is 0 Å². The lowest BCUT2D eigenvalue weighted by Crippen LogP contribution is -2.41. The van der Waals surface area contributed by atoms with Crippen LogP contribution < -0.4 is 10.6 Å². The van der Waals surface area contributed by atoms with Crippen LogP contribution in [0.15, 0.2) is 54.6 Å². The summed E-state index contributed by atoms with van der Waals surface area (Å²) in [4.78, 5) is 14.1. The number of urea groups is 1. The number of carbonyl (C=O) groups excluding carboxylic acids is 1. The van der Waals surface area contributed by atoms with Crippen LogP contribution in [0.25, 0.3) is 0 Å². The van der Waals surface area contributed by atoms with E-state index in [9.17, 15) is 9.90 Å². The Morgan fingerprint density at radius 3 is 2.38 bits per heavy atom. The molecule has 0 fully saturated rings. The zero-order chi connectivity index (χ0) is 17.4. The van der Waals surface area contributed by atoms with E-state index in [0.29, 0.717) is 19.5 Å². The molecule has 0 aromatic heterocycles. The van der Waals surface area contributed by atoms with Gasteiger partial charge in [0.1, 0.15) is 5.75 Å². The van der Waals surface area contributed by atoms with Gasteiger partial charge in [-0.05, 0) is 37.7 Å². The third-order valence-corrected chi connectivity index (χ3v) is 3.94. The average Bonchev–Trinajstić information content (AvgIpc) is 2.57. The molecule has 0 saturated heterocycles. The molecule has 1 unspecified atom stereocenters. The van der Waals surface area contributed by atoms with Crippen LogP contribution in [-0.2, 0) is 6.42 Å². The first-order valence-electron chi connectivity index (χ1n) is 8.08. The van der Waals surface area contributed by atoms with Crippen molar-refractivity contribution in [1.82, 2.24) is 15.5 Å². The van der Waals surface area contributed by atoms with Crippen molar-refractivity contribution in [2.45, 2.75) is 12.5 Å². The zero-order valence-electron chi connectivity index (χ0n) is 14.2. The van der Waals surface area contributed by atoms with E-state index < -0.39 is 0 Å². The van der Waals surface area contributed by atoms with Crippen LogP contribution in [0.4, 0.5) is 4.79 Å². The quantitative estimate of drug-likeness (QED) is 0.732. The van der Waals surface area contributed by atoms with Crippen LogP contribution in [0, 0.1) is 0 Å². The highest BCUT2D eigenvalue weighted by atomic mass is 16.3. The molecule has 0 bridgehead atoms. The van der Waals surface area contributed by atoms with Crippen LogP contribution in [0.5, 0.6) is 5.75 Å². The topological polar surface area (TPSA) is 64.6 Å². The Bertz CT molecular complexity index is 644. The number of phenolic OH excluding ortho intramolecular Hbond substituents is 1. The molecule has 128 valence electrons. The van der Waals surface area contributed by atoms with Gasteiger partial charge in [0.2, 0.25) is 0 Å². The van der Waals surface area contributed by atoms with E-state index in [1.807, 2.05) is 44.4 Å². The standard InChI is InChI=1S/C19H25N3O2/c1-22(2)17(15-8-4-3-5-9-15)14-21-19(24)20-13-12-16-10-6-7-11-18(16)23/h3-11,17,23H,12-14H2,1-2H3,(H2,20,21,24). The van der Waals surface area contributed by atoms with Crippen LogP contribution in [0.2, 0.25) is 0 Å². The molecule has 24 heavy (non-hydrogen) atoms. The number of likely N-dealkylation sites (N-methyl/N-ethyl adjacent to an activating group) is 1. The molecule has 0 spiro atoms. The van der Waals surface area contributed by atoms with Gasteiger partial charge in [0.25, 0.3) is 0 Å². The number of benzene rings is 2. The first kappa shape index (κ1) is 17.8. The second-order valence-electron chi connectivity index (χ2n) is 5.91. The predicted octanol–water partition coefficient (Wildman–Crippen LogP) is 2.54. The first-order valence-corrected chi connectivity index (χ1v) is 8.08. The summed E-state index contributed by atoms with van der Waals surface area (Å²) >= 11 is 0. The summed E-state index contributed by atoms with van der Waals surface area (Å²) in [6, 6.07) is 17.2. The van der Waals surface area contributed by atoms with Gasteiger partial charge < -0.3 is 20.6 Å². The number of amides is 2. The third-order valence-electron chi connectivity index (χ3n) is 3.94. The Hall–Kier alpha value is -2.53. The molecule has 0 aliphatic carbocycles. The first-order chi connectivity index (χ1) is 11.6. The summed E-state index contributed by atoms with van der Waals surface area (Å²) in [7, 11) is 3.99. The lowest BCUT2D eigenvalue weighted by molar-refractivity contribution is 0.233. The van der Waals surface area contributed by atoms with Gasteiger partial charge in [-0.15, -0.1) is 0 Å². The molecule has 2 amide bonds. The third kappa shape index (κ3) is 5.28. The van der Waals surface area contributed by atoms with E-state index >= 15 is 0 Å². The number of carbonyl (C=O) groups is 1. The largest absolute Gasteiger partial charge is 0.508 e. The summed E-state index contributed by atoms with van der Waals surface area (Å²) in [6.45, 7) is 1.00. The van der Waals surface area contributed by atoms with Crippen molar-refractivity contribution in [2.24, 2.45) is 0 Å². The monoisotopic (exact) mass is 327 g/mol. The summed E-state index contributed by atoms with van der Waals surface area (Å²) in [5.41, 5.74) is 1.99. The maximum absolute atomic E-state index is 12.0. The van der Waals surface area contributed by atoms with E-state index in [-0.39, 0.29) is 17.8 Å². The van der Waals surface area contributed by atoms with E-state index in [0.717, 1.165) is 11.1 Å². The number of phenols is 1. The number of hydrogen-bond acceptors (Lipinski definition) is 3. The van der Waals surface area contributed by atoms with Crippen molar-refractivity contribution >= 4 is 6.03 Å². The molecule has 5 heteroatoms. The van der Waals surface area contributed by atoms with Crippen molar-refractivity contribution in [2.75, 3.05) is 27.2 Å². The highest BCUT2D eigenvalue weighted by molar-refractivity contribution is 5.73. The number of aromatic hydroxyl groups is 1. The molecule has 2 rings (SSSR count). The minimum absolute atomic E-state index is 0.120. The molecule has 0 aliphatic heterocycles. The average molecular weight is 327 g/mol. The van der Waals surface area contributed by atoms with Gasteiger partial charge >= 0.3 is 6.03 Å². The Balaban J connectivity index is 1.78. The minimum Gasteiger partial charge on any atom is -0.508 e. The van der Waals surface area contributed by atoms with Crippen molar-refractivity contribution in [3.8, 4) is 5.75 Å². The van der Waals surface area contributed by atoms with Crippen LogP contribution in [0.1, 0.15) is 17.2 Å². The second-order valence-corrected chi connectivity index (χ2v) is 5.91. The van der Waals surface area contributed by atoms with E-state index in [4.69, 9.17) is 0 Å². The molecule has 0 heterocycles. The number of hydrogen-bond donors (Lipinski definition) is 3. The summed E-state index contributed by atoms with van der Waals surface area (Å²) in [6.07, 6.45) is 0.593. The molecule has 3 N–H and O–H groups in total. The van der Waals surface area contributed by atoms with Crippen LogP contribution >= 0.6 is 0 Å². The molecule has 0 saturated carbocycles. The predicted molar refractivity (Wildman–Crippen MR) is 96.1 cm³/mol. The number of rotatable bonds is 7. The molecule has 0 radical (unpaired) electrons. The van der Waals surface area contributed by atoms with Gasteiger partial charge in [0.05, 0.1) is 6.04 Å². The maximum atomic E-state index is 12.0. The van der Waals surface area contributed by atoms with Gasteiger partial charge in [0.15, 0.2) is 0 Å². The highest BCUT2D eigenvalue weighted by Crippen LogP contribution is 2.17. The SMILES string of the molecule is CN(C)C(CNC(=O)NCCc1ccccc1O)c1ccccc1. The maximum Gasteiger partial charge on any atom is 0.314 e. The number of nitrogens with one attached hydrogen (secondary N) is 2. The fourth-order valence-corrected chi connectivity index (χ4v) is 2.56. The van der Waals surface area contributed by atoms with E-state index in [1.165, 1.54) is 0 Å². The fourth-order valence-electron chi connectivity index (χ4n) is 2.56. The van der Waals surface area contributed by atoms with Crippen molar-refractivity contribution < 1.29 is 9.90 Å². The van der Waals surface area contributed by atoms with E-state index in [2.05, 4.69) is 27.7 Å². The highest BCUT2D eigenvalue weighted by Gasteiger charge is 2.14. The lowest BCUT2D eigenvalue weighted by Gasteiger charge is -2.25. The molecule has 2 aromatic carbocycles. The Morgan fingerprint density at radius 1 is 1.04 bits per heavy atom. The number of nitrogens with zero attached hydrogens (tertiary/aromatic N) is 1. The Morgan fingerprint density at radius 2 is 1.71 bits per heavy atom. The Labute approximate surface area is 143 Å². The molecular formula is C19H25N3O2. The van der Waals surface area contributed by atoms with Crippen molar-refractivity contribution in [1.29, 1.82) is 0 Å². The van der Waals surface area contributed by atoms with Gasteiger partial charge in [-0.25, -0.2) is 4.79 Å². The van der Waals surface area contributed by atoms with Crippen molar-refractivity contribution in [3.05, 3.63) is 65.7 Å². The van der Waals surface area contributed by atoms with Crippen LogP contribution in [0.3, 0.4) is 0 Å². The summed E-state index contributed by atoms with van der Waals surface area (Å²) in [5.74, 6) is 0.261. The molecule has 0 aliphatic rings. The normalized spacial score (nSPS) is 12.0. The summed E-state index contributed by atoms with van der Waals surface area (Å²) in [5, 5.41) is 15.4. The lowest BCUT2D eigenvalue weighted by atomic mass is 10.1. The molecule has 2 aromatic rings. The summed E-state index contributed by atoms with van der Waals surface area (Å²) < 4.78 is 0. The van der Waals surface area contributed by atoms with Crippen molar-refractivity contribution in [3.63, 3.8) is 0 Å². The second kappa shape index (κ2) is 8.93. The minimum atomic E-state index is -0.201. The zero-order valence-corrected chi connectivity index (χ0v) is 14.2. The molecule has 1 atom stereocenters. The molecular weight excluding hydrogens is 302 g/mol. The molecule has 5 nitrogen and oxygen atoms in total. The van der Waals surface area contributed by atoms with Crippen LogP contribution in [-0.4, -0.2) is 43.2 Å². The fraction of sp³-hybridized carbons (Fsp3) is 0.316. The van der Waals surface area contributed by atoms with Gasteiger partial charge in [-0.2, -0.15) is 0 Å². The van der Waals surface area contributed by atoms with E-state index in [1.54, 1.807) is 12.1 Å².